The van der Waals surface area contributed by atoms with E-state index in [9.17, 15) is 9.13 Å². The van der Waals surface area contributed by atoms with Crippen LogP contribution in [0.1, 0.15) is 12.5 Å². The van der Waals surface area contributed by atoms with Crippen molar-refractivity contribution in [2.24, 2.45) is 0 Å². The minimum atomic E-state index is -4.37. The summed E-state index contributed by atoms with van der Waals surface area (Å²) in [7, 11) is -2.97. The van der Waals surface area contributed by atoms with Crippen LogP contribution in [0.25, 0.3) is 22.3 Å². The van der Waals surface area contributed by atoms with Gasteiger partial charge >= 0.3 is 6.80 Å². The maximum atomic E-state index is 16.0. The second-order valence-electron chi connectivity index (χ2n) is 10.2. The quantitative estimate of drug-likeness (QED) is 0.152. The highest BCUT2D eigenvalue weighted by Gasteiger charge is 2.54. The molecule has 24 heteroatoms. The van der Waals surface area contributed by atoms with Crippen molar-refractivity contribution in [3.8, 4) is 0 Å². The molecule has 0 saturated carbocycles. The number of nitrogens with zero attached hydrogens (tertiary/aromatic N) is 8. The van der Waals surface area contributed by atoms with Gasteiger partial charge in [-0.3, -0.25) is 22.7 Å². The van der Waals surface area contributed by atoms with E-state index < -0.39 is 76.7 Å². The van der Waals surface area contributed by atoms with Crippen molar-refractivity contribution < 1.29 is 45.5 Å². The normalized spacial score (nSPS) is 38.2. The molecule has 0 aromatic carbocycles. The first-order valence-corrected chi connectivity index (χ1v) is 17.6. The van der Waals surface area contributed by atoms with E-state index in [2.05, 4.69) is 42.2 Å². The minimum absolute atomic E-state index is 0.0605. The van der Waals surface area contributed by atoms with E-state index in [1.165, 1.54) is 34.4 Å². The zero-order valence-corrected chi connectivity index (χ0v) is 25.1. The van der Waals surface area contributed by atoms with E-state index >= 15 is 8.78 Å². The van der Waals surface area contributed by atoms with E-state index in [1.54, 1.807) is 0 Å². The van der Waals surface area contributed by atoms with Gasteiger partial charge < -0.3 is 30.0 Å². The van der Waals surface area contributed by atoms with Crippen LogP contribution in [-0.4, -0.2) is 96.6 Å². The van der Waals surface area contributed by atoms with Crippen LogP contribution in [0.3, 0.4) is 0 Å². The van der Waals surface area contributed by atoms with Gasteiger partial charge in [0, 0.05) is 0 Å². The Morgan fingerprint density at radius 2 is 1.27 bits per heavy atom. The monoisotopic (exact) mass is 674 g/mol. The summed E-state index contributed by atoms with van der Waals surface area (Å²) in [6, 6.07) is 0. The molecule has 10 atom stereocenters. The Morgan fingerprint density at radius 1 is 0.795 bits per heavy atom. The van der Waals surface area contributed by atoms with Gasteiger partial charge in [0.05, 0.1) is 25.9 Å². The van der Waals surface area contributed by atoms with E-state index in [0.29, 0.717) is 0 Å². The molecule has 4 N–H and O–H groups in total. The summed E-state index contributed by atoms with van der Waals surface area (Å²) in [5.74, 6) is 0.123. The third kappa shape index (κ3) is 5.17. The number of hydrogen-bond donors (Lipinski definition) is 3. The van der Waals surface area contributed by atoms with Crippen molar-refractivity contribution >= 4 is 68.0 Å². The van der Waals surface area contributed by atoms with Gasteiger partial charge in [-0.2, -0.15) is 0 Å². The first kappa shape index (κ1) is 29.9. The van der Waals surface area contributed by atoms with Crippen molar-refractivity contribution in [2.45, 2.75) is 49.2 Å². The number of alkyl halides is 2. The zero-order chi connectivity index (χ0) is 31.0. The molecule has 234 valence electrons. The molecule has 0 spiro atoms. The number of fused-ring (bicyclic) bond motifs is 4. The minimum Gasteiger partial charge on any atom is -0.382 e. The predicted octanol–water partition coefficient (Wildman–Crippen LogP) is 0.898. The molecular weight excluding hydrogens is 651 g/mol. The second-order valence-corrected chi connectivity index (χ2v) is 15.0. The number of halogens is 2. The summed E-state index contributed by atoms with van der Waals surface area (Å²) in [4.78, 5) is 24.1. The summed E-state index contributed by atoms with van der Waals surface area (Å²) < 4.78 is 95.1. The number of thiol groups is 1. The number of nitrogens with two attached hydrogens (primary N) is 2. The highest BCUT2D eigenvalue weighted by Crippen LogP contribution is 2.58. The Balaban J connectivity index is 1.17. The van der Waals surface area contributed by atoms with Gasteiger partial charge in [-0.05, 0) is 0 Å². The van der Waals surface area contributed by atoms with Crippen molar-refractivity contribution in [3.05, 3.63) is 25.3 Å². The average Bonchev–Trinajstić information content (AvgIpc) is 3.73. The van der Waals surface area contributed by atoms with E-state index in [-0.39, 0.29) is 34.0 Å². The number of nitrogen functional groups attached to an aromatic ring is 2. The van der Waals surface area contributed by atoms with Crippen LogP contribution < -0.4 is 11.5 Å². The second kappa shape index (κ2) is 10.9. The van der Waals surface area contributed by atoms with Crippen molar-refractivity contribution in [1.29, 1.82) is 0 Å². The summed E-state index contributed by atoms with van der Waals surface area (Å²) in [6.07, 6.45) is -7.72. The summed E-state index contributed by atoms with van der Waals surface area (Å²) >= 11 is 4.01. The number of aromatic nitrogens is 8. The maximum Gasteiger partial charge on any atom is 0.386 e. The topological polar surface area (TPSA) is 229 Å². The van der Waals surface area contributed by atoms with Crippen LogP contribution in [0.4, 0.5) is 20.4 Å². The molecule has 18 nitrogen and oxygen atoms in total. The Bertz CT molecular complexity index is 1710. The lowest BCUT2D eigenvalue weighted by atomic mass is 10.1. The predicted molar refractivity (Wildman–Crippen MR) is 151 cm³/mol. The molecule has 0 bridgehead atoms. The highest BCUT2D eigenvalue weighted by molar-refractivity contribution is 8.44. The van der Waals surface area contributed by atoms with Gasteiger partial charge in [-0.25, -0.2) is 43.2 Å². The Morgan fingerprint density at radius 3 is 1.80 bits per heavy atom. The van der Waals surface area contributed by atoms with Gasteiger partial charge in [0.25, 0.3) is 15.0 Å². The summed E-state index contributed by atoms with van der Waals surface area (Å²) in [5, 5.41) is 0. The van der Waals surface area contributed by atoms with E-state index in [0.717, 1.165) is 7.57 Å². The van der Waals surface area contributed by atoms with Crippen LogP contribution in [0.5, 0.6) is 0 Å². The first-order chi connectivity index (χ1) is 20.9. The smallest absolute Gasteiger partial charge is 0.382 e. The number of hydrogen-bond acceptors (Lipinski definition) is 16. The third-order valence-electron chi connectivity index (χ3n) is 7.30. The molecule has 3 aliphatic heterocycles. The molecular formula is C20H23BF2N10O8P2S. The van der Waals surface area contributed by atoms with Gasteiger partial charge in [0.15, 0.2) is 47.7 Å². The molecule has 0 aliphatic carbocycles. The lowest BCUT2D eigenvalue weighted by Crippen LogP contribution is -2.37. The van der Waals surface area contributed by atoms with Gasteiger partial charge in [0.2, 0.25) is 0 Å². The first-order valence-electron chi connectivity index (χ1n) is 12.9. The molecule has 3 aliphatic rings. The highest BCUT2D eigenvalue weighted by atomic mass is 32.7. The van der Waals surface area contributed by atoms with Gasteiger partial charge in [-0.1, -0.05) is 12.2 Å². The molecule has 7 heterocycles. The number of anilines is 2. The Hall–Kier alpha value is -2.81. The van der Waals surface area contributed by atoms with Gasteiger partial charge in [0.1, 0.15) is 48.1 Å². The van der Waals surface area contributed by atoms with E-state index in [4.69, 9.17) is 39.0 Å². The molecule has 3 saturated heterocycles. The maximum absolute atomic E-state index is 16.0. The molecule has 3 fully saturated rings. The lowest BCUT2D eigenvalue weighted by Gasteiger charge is -2.29. The summed E-state index contributed by atoms with van der Waals surface area (Å²) in [6.45, 7) is -5.56. The number of rotatable bonds is 2. The lowest BCUT2D eigenvalue weighted by molar-refractivity contribution is -0.0546. The molecule has 7 rings (SSSR count). The van der Waals surface area contributed by atoms with Crippen molar-refractivity contribution in [2.75, 3.05) is 24.7 Å². The Labute approximate surface area is 251 Å². The van der Waals surface area contributed by atoms with Crippen LogP contribution in [0, 0.1) is 0 Å². The van der Waals surface area contributed by atoms with Crippen LogP contribution in [-0.2, 0) is 36.7 Å². The van der Waals surface area contributed by atoms with Gasteiger partial charge in [-0.15, -0.1) is 0 Å². The molecule has 44 heavy (non-hydrogen) atoms. The molecule has 0 radical (unpaired) electrons. The van der Waals surface area contributed by atoms with E-state index in [1.807, 2.05) is 0 Å². The standard InChI is InChI=1S/C20H23BF2N10O8P2S/c21-42(34)36-1-7-14(10(23)20(38-7)33-6-31-12-16(25)27-4-29-18(12)33)41-43(35,44)37-2-8-13(40-42)9(22)19(39-8)32-5-30-11-15(24)26-3-28-17(11)32/h3-10,13-14,19-20H,1-2,21H2,(H,35,44)(H2,24,26,28)(H2,25,27,29)/t7-,8-,9-,10-,13-,14-,19-,20-,42+,43-/m1/s1. The summed E-state index contributed by atoms with van der Waals surface area (Å²) in [5.41, 5.74) is 12.4. The number of ether oxygens (including phenoxy) is 2. The largest absolute Gasteiger partial charge is 0.386 e. The number of imidazole rings is 2. The zero-order valence-electron chi connectivity index (χ0n) is 22.4. The third-order valence-corrected chi connectivity index (χ3v) is 10.2. The van der Waals surface area contributed by atoms with Crippen molar-refractivity contribution in [3.63, 3.8) is 0 Å². The molecule has 0 unspecified atom stereocenters. The SMILES string of the molecule is B[P@]1(=O)OC[C@H]2O[C@@H](n3cnc4c(N)ncnc43)[C@H](F)[C@@H]2O[P@](=O)(S)OC[C@H]2O[C@@H](n3cnc4c(N)ncnc43)[C@H](F)[C@@H]2O1. The van der Waals surface area contributed by atoms with Crippen LogP contribution >= 0.6 is 26.5 Å². The fourth-order valence-corrected chi connectivity index (χ4v) is 7.94. The van der Waals surface area contributed by atoms with Crippen LogP contribution in [0.2, 0.25) is 0 Å². The van der Waals surface area contributed by atoms with Crippen LogP contribution in [0.15, 0.2) is 25.3 Å². The molecule has 0 amide bonds. The fraction of sp³-hybridized carbons (Fsp3) is 0.500. The van der Waals surface area contributed by atoms with Crippen molar-refractivity contribution in [1.82, 2.24) is 39.0 Å². The molecule has 4 aromatic heterocycles. The molecule has 4 aromatic rings. The average molecular weight is 674 g/mol. The fourth-order valence-electron chi connectivity index (χ4n) is 5.28. The Kier molecular flexibility index (Phi) is 7.42.